The van der Waals surface area contributed by atoms with E-state index in [-0.39, 0.29) is 28.1 Å². The molecular formula is C19H26ClN3O5. The largest absolute Gasteiger partial charge is 0.464 e. The van der Waals surface area contributed by atoms with Crippen molar-refractivity contribution in [1.82, 2.24) is 4.90 Å². The molecule has 8 nitrogen and oxygen atoms in total. The lowest BCUT2D eigenvalue weighted by Crippen LogP contribution is -2.57. The average Bonchev–Trinajstić information content (AvgIpc) is 2.65. The van der Waals surface area contributed by atoms with Gasteiger partial charge in [0.25, 0.3) is 11.6 Å². The van der Waals surface area contributed by atoms with Crippen molar-refractivity contribution in [2.24, 2.45) is 11.7 Å². The van der Waals surface area contributed by atoms with E-state index in [0.717, 1.165) is 32.1 Å². The Morgan fingerprint density at radius 2 is 2.04 bits per heavy atom. The van der Waals surface area contributed by atoms with Crippen molar-refractivity contribution in [2.45, 2.75) is 63.8 Å². The average molecular weight is 412 g/mol. The van der Waals surface area contributed by atoms with Crippen molar-refractivity contribution in [3.8, 4) is 5.75 Å². The molecule has 9 heteroatoms. The molecule has 4 unspecified atom stereocenters. The molecule has 0 bridgehead atoms. The Kier molecular flexibility index (Phi) is 6.42. The summed E-state index contributed by atoms with van der Waals surface area (Å²) >= 11 is 6.32. The number of benzene rings is 1. The molecule has 4 atom stereocenters. The van der Waals surface area contributed by atoms with Crippen LogP contribution in [0.4, 0.5) is 5.69 Å². The molecule has 2 aliphatic rings. The van der Waals surface area contributed by atoms with Crippen molar-refractivity contribution in [2.75, 3.05) is 6.54 Å². The summed E-state index contributed by atoms with van der Waals surface area (Å²) in [6, 6.07) is 2.80. The molecule has 1 aromatic carbocycles. The molecule has 154 valence electrons. The highest BCUT2D eigenvalue weighted by Crippen LogP contribution is 2.40. The van der Waals surface area contributed by atoms with Crippen molar-refractivity contribution in [3.05, 3.63) is 32.8 Å². The summed E-state index contributed by atoms with van der Waals surface area (Å²) in [7, 11) is 0. The third-order valence-electron chi connectivity index (χ3n) is 5.81. The first-order chi connectivity index (χ1) is 13.3. The van der Waals surface area contributed by atoms with E-state index in [4.69, 9.17) is 22.1 Å². The number of likely N-dealkylation sites (tertiary alicyclic amines) is 1. The molecule has 1 amide bonds. The molecule has 3 N–H and O–H groups in total. The van der Waals surface area contributed by atoms with Crippen LogP contribution in [0.15, 0.2) is 12.1 Å². The quantitative estimate of drug-likeness (QED) is 0.548. The molecule has 28 heavy (non-hydrogen) atoms. The van der Waals surface area contributed by atoms with Gasteiger partial charge in [0, 0.05) is 18.7 Å². The maximum absolute atomic E-state index is 12.2. The molecule has 2 fully saturated rings. The molecule has 1 aromatic rings. The smallest absolute Gasteiger partial charge is 0.276 e. The van der Waals surface area contributed by atoms with Crippen molar-refractivity contribution < 1.29 is 19.6 Å². The summed E-state index contributed by atoms with van der Waals surface area (Å²) < 4.78 is 5.91. The van der Waals surface area contributed by atoms with Crippen LogP contribution in [0.2, 0.25) is 5.02 Å². The van der Waals surface area contributed by atoms with E-state index >= 15 is 0 Å². The maximum Gasteiger partial charge on any atom is 0.276 e. The van der Waals surface area contributed by atoms with E-state index in [1.165, 1.54) is 25.5 Å². The van der Waals surface area contributed by atoms with Crippen molar-refractivity contribution >= 4 is 23.2 Å². The fourth-order valence-corrected chi connectivity index (χ4v) is 4.94. The van der Waals surface area contributed by atoms with Gasteiger partial charge in [-0.05, 0) is 44.6 Å². The Balaban J connectivity index is 1.92. The van der Waals surface area contributed by atoms with Gasteiger partial charge in [0.2, 0.25) is 6.23 Å². The van der Waals surface area contributed by atoms with E-state index in [2.05, 4.69) is 0 Å². The van der Waals surface area contributed by atoms with Gasteiger partial charge in [-0.1, -0.05) is 24.4 Å². The Bertz CT molecular complexity index is 755. The molecule has 0 spiro atoms. The van der Waals surface area contributed by atoms with Crippen LogP contribution in [0.5, 0.6) is 5.75 Å². The molecule has 1 saturated carbocycles. The zero-order chi connectivity index (χ0) is 20.4. The van der Waals surface area contributed by atoms with Crippen LogP contribution in [-0.2, 0) is 4.79 Å². The van der Waals surface area contributed by atoms with Crippen molar-refractivity contribution in [3.63, 3.8) is 0 Å². The lowest BCUT2D eigenvalue weighted by atomic mass is 9.78. The van der Waals surface area contributed by atoms with Crippen LogP contribution in [-0.4, -0.2) is 39.7 Å². The summed E-state index contributed by atoms with van der Waals surface area (Å²) in [6.45, 7) is 2.09. The summed E-state index contributed by atoms with van der Waals surface area (Å²) in [5.74, 6) is -0.00236. The minimum absolute atomic E-state index is 0.0402. The Morgan fingerprint density at radius 1 is 1.36 bits per heavy atom. The Labute approximate surface area is 168 Å². The number of hydrogen-bond donors (Lipinski definition) is 2. The molecule has 1 heterocycles. The standard InChI is InChI=1S/C19H26ClN3O5/c1-11(24)16-14(23(26)27)8-9-15(17(16)20)28-19(18(21)25)22-10-4-6-12-5-2-3-7-13(12)22/h8-9,11-13,19,24H,2-7,10H2,1H3,(H2,21,25). The van der Waals surface area contributed by atoms with Crippen LogP contribution in [0.3, 0.4) is 0 Å². The molecule has 0 aromatic heterocycles. The second-order valence-corrected chi connectivity index (χ2v) is 7.99. The van der Waals surface area contributed by atoms with Crippen molar-refractivity contribution in [1.29, 1.82) is 0 Å². The lowest BCUT2D eigenvalue weighted by Gasteiger charge is -2.46. The zero-order valence-corrected chi connectivity index (χ0v) is 16.6. The number of halogens is 1. The van der Waals surface area contributed by atoms with E-state index in [1.54, 1.807) is 0 Å². The van der Waals surface area contributed by atoms with Crippen LogP contribution >= 0.6 is 11.6 Å². The first-order valence-electron chi connectivity index (χ1n) is 9.67. The second-order valence-electron chi connectivity index (χ2n) is 7.61. The number of piperidine rings is 1. The highest BCUT2D eigenvalue weighted by atomic mass is 35.5. The number of aliphatic hydroxyl groups is 1. The molecule has 3 rings (SSSR count). The molecule has 0 radical (unpaired) electrons. The molecule has 1 saturated heterocycles. The number of carbonyl (C=O) groups excluding carboxylic acids is 1. The number of fused-ring (bicyclic) bond motifs is 1. The Morgan fingerprint density at radius 3 is 2.68 bits per heavy atom. The number of nitrogens with two attached hydrogens (primary N) is 1. The third kappa shape index (κ3) is 4.09. The van der Waals surface area contributed by atoms with Gasteiger partial charge in [-0.15, -0.1) is 0 Å². The van der Waals surface area contributed by atoms with E-state index in [9.17, 15) is 20.0 Å². The van der Waals surface area contributed by atoms with E-state index < -0.39 is 23.2 Å². The monoisotopic (exact) mass is 411 g/mol. The topological polar surface area (TPSA) is 119 Å². The van der Waals surface area contributed by atoms with Crippen LogP contribution in [0.1, 0.15) is 57.1 Å². The predicted octanol–water partition coefficient (Wildman–Crippen LogP) is 3.15. The maximum atomic E-state index is 12.2. The number of aliphatic hydroxyl groups excluding tert-OH is 1. The first-order valence-corrected chi connectivity index (χ1v) is 10.1. The number of primary amides is 1. The lowest BCUT2D eigenvalue weighted by molar-refractivity contribution is -0.386. The number of hydrogen-bond acceptors (Lipinski definition) is 6. The number of nitrogens with zero attached hydrogens (tertiary/aromatic N) is 2. The zero-order valence-electron chi connectivity index (χ0n) is 15.8. The summed E-state index contributed by atoms with van der Waals surface area (Å²) in [4.78, 5) is 24.9. The number of ether oxygens (including phenoxy) is 1. The molecule has 1 aliphatic heterocycles. The number of rotatable bonds is 6. The summed E-state index contributed by atoms with van der Waals surface area (Å²) in [5.41, 5.74) is 5.32. The number of nitro benzene ring substituents is 1. The molecule has 1 aliphatic carbocycles. The minimum Gasteiger partial charge on any atom is -0.464 e. The minimum atomic E-state index is -1.17. The third-order valence-corrected chi connectivity index (χ3v) is 6.20. The summed E-state index contributed by atoms with van der Waals surface area (Å²) in [6.07, 6.45) is 4.35. The van der Waals surface area contributed by atoms with Crippen LogP contribution < -0.4 is 10.5 Å². The van der Waals surface area contributed by atoms with Gasteiger partial charge in [0.15, 0.2) is 0 Å². The highest BCUT2D eigenvalue weighted by Gasteiger charge is 2.40. The predicted molar refractivity (Wildman–Crippen MR) is 104 cm³/mol. The fourth-order valence-electron chi connectivity index (χ4n) is 4.57. The highest BCUT2D eigenvalue weighted by molar-refractivity contribution is 6.33. The molecular weight excluding hydrogens is 386 g/mol. The normalized spacial score (nSPS) is 24.8. The first kappa shape index (κ1) is 20.8. The number of carbonyl (C=O) groups is 1. The van der Waals surface area contributed by atoms with Gasteiger partial charge >= 0.3 is 0 Å². The number of amides is 1. The van der Waals surface area contributed by atoms with Crippen LogP contribution in [0, 0.1) is 16.0 Å². The van der Waals surface area contributed by atoms with Crippen LogP contribution in [0.25, 0.3) is 0 Å². The van der Waals surface area contributed by atoms with E-state index in [1.807, 2.05) is 4.90 Å². The van der Waals surface area contributed by atoms with Gasteiger partial charge in [0.05, 0.1) is 21.6 Å². The van der Waals surface area contributed by atoms with Gasteiger partial charge in [-0.2, -0.15) is 0 Å². The van der Waals surface area contributed by atoms with Gasteiger partial charge in [-0.25, -0.2) is 0 Å². The number of nitro groups is 1. The fraction of sp³-hybridized carbons (Fsp3) is 0.632. The van der Waals surface area contributed by atoms with Gasteiger partial charge < -0.3 is 15.6 Å². The Hall–Kier alpha value is -1.90. The van der Waals surface area contributed by atoms with Gasteiger partial charge in [-0.3, -0.25) is 19.8 Å². The van der Waals surface area contributed by atoms with E-state index in [0.29, 0.717) is 12.5 Å². The summed E-state index contributed by atoms with van der Waals surface area (Å²) in [5, 5.41) is 21.1. The SMILES string of the molecule is CC(O)c1c([N+](=O)[O-])ccc(OC(C(N)=O)N2CCCC3CCCCC32)c1Cl. The second kappa shape index (κ2) is 8.63. The van der Waals surface area contributed by atoms with Gasteiger partial charge in [0.1, 0.15) is 5.75 Å².